The van der Waals surface area contributed by atoms with E-state index in [1.807, 2.05) is 6.92 Å². The fourth-order valence-corrected chi connectivity index (χ4v) is 2.20. The summed E-state index contributed by atoms with van der Waals surface area (Å²) in [4.78, 5) is 0.306. The molecule has 0 aromatic heterocycles. The van der Waals surface area contributed by atoms with E-state index in [9.17, 15) is 8.42 Å². The molecule has 0 amide bonds. The number of amidine groups is 1. The van der Waals surface area contributed by atoms with Gasteiger partial charge in [-0.2, -0.15) is 0 Å². The van der Waals surface area contributed by atoms with Crippen molar-refractivity contribution in [3.63, 3.8) is 0 Å². The van der Waals surface area contributed by atoms with E-state index >= 15 is 0 Å². The number of oxime groups is 1. The summed E-state index contributed by atoms with van der Waals surface area (Å²) < 4.78 is 22.6. The molecule has 106 valence electrons. The van der Waals surface area contributed by atoms with Crippen LogP contribution in [0, 0.1) is 0 Å². The van der Waals surface area contributed by atoms with E-state index in [2.05, 4.69) is 10.5 Å². The van der Waals surface area contributed by atoms with Gasteiger partial charge < -0.3 is 16.3 Å². The highest BCUT2D eigenvalue weighted by Gasteiger charge is 2.07. The second-order valence-electron chi connectivity index (χ2n) is 4.49. The molecule has 0 aliphatic carbocycles. The van der Waals surface area contributed by atoms with E-state index in [0.29, 0.717) is 17.9 Å². The van der Waals surface area contributed by atoms with Gasteiger partial charge in [-0.25, -0.2) is 8.42 Å². The third kappa shape index (κ3) is 5.27. The molecule has 1 aromatic rings. The highest BCUT2D eigenvalue weighted by Crippen LogP contribution is 2.10. The smallest absolute Gasteiger partial charge is 0.175 e. The molecule has 7 heteroatoms. The molecule has 1 atom stereocenters. The standard InChI is InChI=1S/C12H19N3O3S/c1-9(7-12(13)15-16)14-8-10-3-5-11(6-4-10)19(2,17)18/h3-6,9,14,16H,7-8H2,1-2H3,(H2,13,15). The van der Waals surface area contributed by atoms with E-state index in [1.165, 1.54) is 6.26 Å². The third-order valence-electron chi connectivity index (χ3n) is 2.65. The average Bonchev–Trinajstić information content (AvgIpc) is 2.35. The van der Waals surface area contributed by atoms with Crippen molar-refractivity contribution in [3.05, 3.63) is 29.8 Å². The van der Waals surface area contributed by atoms with Gasteiger partial charge in [0.05, 0.1) is 4.90 Å². The predicted molar refractivity (Wildman–Crippen MR) is 73.9 cm³/mol. The quantitative estimate of drug-likeness (QED) is 0.309. The summed E-state index contributed by atoms with van der Waals surface area (Å²) in [5.41, 5.74) is 6.37. The van der Waals surface area contributed by atoms with Crippen LogP contribution in [0.4, 0.5) is 0 Å². The molecule has 0 fully saturated rings. The summed E-state index contributed by atoms with van der Waals surface area (Å²) in [6, 6.07) is 6.76. The van der Waals surface area contributed by atoms with Crippen molar-refractivity contribution < 1.29 is 13.6 Å². The van der Waals surface area contributed by atoms with Gasteiger partial charge in [0.2, 0.25) is 0 Å². The van der Waals surface area contributed by atoms with Gasteiger partial charge in [-0.3, -0.25) is 0 Å². The first kappa shape index (κ1) is 15.5. The number of nitrogens with two attached hydrogens (primary N) is 1. The van der Waals surface area contributed by atoms with Gasteiger partial charge in [0, 0.05) is 25.3 Å². The number of nitrogens with zero attached hydrogens (tertiary/aromatic N) is 1. The maximum Gasteiger partial charge on any atom is 0.175 e. The molecule has 4 N–H and O–H groups in total. The van der Waals surface area contributed by atoms with Crippen LogP contribution in [0.15, 0.2) is 34.3 Å². The van der Waals surface area contributed by atoms with E-state index in [0.717, 1.165) is 5.56 Å². The Hall–Kier alpha value is -1.60. The minimum atomic E-state index is -3.15. The van der Waals surface area contributed by atoms with E-state index in [4.69, 9.17) is 10.9 Å². The Morgan fingerprint density at radius 3 is 2.47 bits per heavy atom. The van der Waals surface area contributed by atoms with Gasteiger partial charge >= 0.3 is 0 Å². The Morgan fingerprint density at radius 1 is 1.42 bits per heavy atom. The summed E-state index contributed by atoms with van der Waals surface area (Å²) in [5, 5.41) is 14.6. The first-order valence-electron chi connectivity index (χ1n) is 5.81. The Labute approximate surface area is 113 Å². The molecule has 1 aromatic carbocycles. The van der Waals surface area contributed by atoms with Gasteiger partial charge in [-0.15, -0.1) is 0 Å². The maximum atomic E-state index is 11.3. The van der Waals surface area contributed by atoms with Crippen LogP contribution in [0.2, 0.25) is 0 Å². The summed E-state index contributed by atoms with van der Waals surface area (Å²) in [5.74, 6) is 0.174. The van der Waals surface area contributed by atoms with Crippen LogP contribution in [0.25, 0.3) is 0 Å². The Bertz CT molecular complexity index is 538. The molecule has 1 unspecified atom stereocenters. The Balaban J connectivity index is 2.55. The Morgan fingerprint density at radius 2 is 2.00 bits per heavy atom. The third-order valence-corrected chi connectivity index (χ3v) is 3.78. The SMILES string of the molecule is CC(CC(N)=NO)NCc1ccc(S(C)(=O)=O)cc1. The topological polar surface area (TPSA) is 105 Å². The summed E-state index contributed by atoms with van der Waals surface area (Å²) in [6.45, 7) is 2.51. The molecule has 1 rings (SSSR count). The van der Waals surface area contributed by atoms with Crippen LogP contribution in [0.1, 0.15) is 18.9 Å². The lowest BCUT2D eigenvalue weighted by molar-refractivity contribution is 0.316. The maximum absolute atomic E-state index is 11.3. The number of nitrogens with one attached hydrogen (secondary N) is 1. The molecule has 0 aliphatic rings. The molecule has 19 heavy (non-hydrogen) atoms. The van der Waals surface area contributed by atoms with Crippen molar-refractivity contribution in [2.75, 3.05) is 6.26 Å². The molecular weight excluding hydrogens is 266 g/mol. The van der Waals surface area contributed by atoms with Gasteiger partial charge in [0.25, 0.3) is 0 Å². The molecule has 0 bridgehead atoms. The van der Waals surface area contributed by atoms with E-state index in [1.54, 1.807) is 24.3 Å². The second kappa shape index (κ2) is 6.53. The number of hydrogen-bond acceptors (Lipinski definition) is 5. The molecule has 0 saturated heterocycles. The van der Waals surface area contributed by atoms with Crippen molar-refractivity contribution >= 4 is 15.7 Å². The van der Waals surface area contributed by atoms with Gasteiger partial charge in [-0.1, -0.05) is 17.3 Å². The lowest BCUT2D eigenvalue weighted by Crippen LogP contribution is -2.30. The second-order valence-corrected chi connectivity index (χ2v) is 6.51. The molecule has 6 nitrogen and oxygen atoms in total. The predicted octanol–water partition coefficient (Wildman–Crippen LogP) is 0.705. The highest BCUT2D eigenvalue weighted by atomic mass is 32.2. The average molecular weight is 285 g/mol. The van der Waals surface area contributed by atoms with Gasteiger partial charge in [-0.05, 0) is 24.6 Å². The lowest BCUT2D eigenvalue weighted by Gasteiger charge is -2.13. The first-order chi connectivity index (χ1) is 8.82. The van der Waals surface area contributed by atoms with Crippen LogP contribution in [-0.4, -0.2) is 31.8 Å². The van der Waals surface area contributed by atoms with Gasteiger partial charge in [0.15, 0.2) is 9.84 Å². The summed E-state index contributed by atoms with van der Waals surface area (Å²) >= 11 is 0. The van der Waals surface area contributed by atoms with Crippen LogP contribution in [-0.2, 0) is 16.4 Å². The zero-order chi connectivity index (χ0) is 14.5. The van der Waals surface area contributed by atoms with Crippen molar-refractivity contribution in [1.29, 1.82) is 0 Å². The van der Waals surface area contributed by atoms with Crippen molar-refractivity contribution in [3.8, 4) is 0 Å². The summed E-state index contributed by atoms with van der Waals surface area (Å²) in [7, 11) is -3.15. The van der Waals surface area contributed by atoms with E-state index < -0.39 is 9.84 Å². The van der Waals surface area contributed by atoms with E-state index in [-0.39, 0.29) is 11.9 Å². The van der Waals surface area contributed by atoms with Crippen LogP contribution < -0.4 is 11.1 Å². The molecular formula is C12H19N3O3S. The molecule has 0 radical (unpaired) electrons. The van der Waals surface area contributed by atoms with Crippen LogP contribution >= 0.6 is 0 Å². The number of sulfone groups is 1. The van der Waals surface area contributed by atoms with Crippen LogP contribution in [0.5, 0.6) is 0 Å². The fraction of sp³-hybridized carbons (Fsp3) is 0.417. The largest absolute Gasteiger partial charge is 0.409 e. The first-order valence-corrected chi connectivity index (χ1v) is 7.71. The van der Waals surface area contributed by atoms with Crippen molar-refractivity contribution in [2.45, 2.75) is 30.8 Å². The monoisotopic (exact) mass is 285 g/mol. The molecule has 0 aliphatic heterocycles. The van der Waals surface area contributed by atoms with Crippen LogP contribution in [0.3, 0.4) is 0 Å². The Kier molecular flexibility index (Phi) is 5.31. The number of benzene rings is 1. The van der Waals surface area contributed by atoms with Crippen molar-refractivity contribution in [2.24, 2.45) is 10.9 Å². The van der Waals surface area contributed by atoms with Crippen molar-refractivity contribution in [1.82, 2.24) is 5.32 Å². The highest BCUT2D eigenvalue weighted by molar-refractivity contribution is 7.90. The van der Waals surface area contributed by atoms with Gasteiger partial charge in [0.1, 0.15) is 5.84 Å². The zero-order valence-corrected chi connectivity index (χ0v) is 11.8. The molecule has 0 saturated carbocycles. The normalized spacial score (nSPS) is 14.3. The summed E-state index contributed by atoms with van der Waals surface area (Å²) in [6.07, 6.45) is 1.62. The number of rotatable bonds is 6. The minimum Gasteiger partial charge on any atom is -0.409 e. The zero-order valence-electron chi connectivity index (χ0n) is 11.0. The number of hydrogen-bond donors (Lipinski definition) is 3. The lowest BCUT2D eigenvalue weighted by atomic mass is 10.2. The minimum absolute atomic E-state index is 0.0606. The fourth-order valence-electron chi connectivity index (χ4n) is 1.57. The molecule has 0 spiro atoms. The molecule has 0 heterocycles.